The Morgan fingerprint density at radius 2 is 1.83 bits per heavy atom. The number of rotatable bonds is 4. The Labute approximate surface area is 168 Å². The summed E-state index contributed by atoms with van der Waals surface area (Å²) in [6, 6.07) is 14.9. The first-order valence-corrected chi connectivity index (χ1v) is 9.34. The molecular weight excluding hydrogens is 370 g/mol. The van der Waals surface area contributed by atoms with Crippen molar-refractivity contribution in [3.8, 4) is 11.4 Å². The molecule has 0 bridgehead atoms. The number of tetrazole rings is 1. The van der Waals surface area contributed by atoms with Gasteiger partial charge in [0.25, 0.3) is 0 Å². The molecule has 0 N–H and O–H groups in total. The quantitative estimate of drug-likeness (QED) is 0.630. The van der Waals surface area contributed by atoms with Gasteiger partial charge in [-0.05, 0) is 23.3 Å². The average molecular weight is 391 g/mol. The highest BCUT2D eigenvalue weighted by Gasteiger charge is 2.35. The number of methoxy groups -OCH3 is 1. The molecule has 0 radical (unpaired) electrons. The molecule has 1 amide bonds. The molecule has 1 aliphatic rings. The monoisotopic (exact) mass is 391 g/mol. The van der Waals surface area contributed by atoms with Gasteiger partial charge in [-0.15, -0.1) is 10.2 Å². The van der Waals surface area contributed by atoms with Crippen molar-refractivity contribution in [2.24, 2.45) is 0 Å². The van der Waals surface area contributed by atoms with Gasteiger partial charge in [0, 0.05) is 18.5 Å². The van der Waals surface area contributed by atoms with Crippen LogP contribution in [0.1, 0.15) is 16.7 Å². The van der Waals surface area contributed by atoms with E-state index in [1.165, 1.54) is 16.8 Å². The lowest BCUT2D eigenvalue weighted by Crippen LogP contribution is -2.50. The molecule has 2 heterocycles. The van der Waals surface area contributed by atoms with E-state index in [4.69, 9.17) is 4.74 Å². The molecule has 3 aromatic rings. The van der Waals surface area contributed by atoms with Gasteiger partial charge in [0.15, 0.2) is 0 Å². The summed E-state index contributed by atoms with van der Waals surface area (Å²) in [7, 11) is 1.33. The van der Waals surface area contributed by atoms with Gasteiger partial charge in [0.2, 0.25) is 11.7 Å². The first-order chi connectivity index (χ1) is 14.0. The van der Waals surface area contributed by atoms with Crippen LogP contribution in [0.5, 0.6) is 0 Å². The molecule has 2 aromatic carbocycles. The number of aryl methyl sites for hydroxylation is 1. The summed E-state index contributed by atoms with van der Waals surface area (Å²) in [4.78, 5) is 28.1. The molecule has 0 fully saturated rings. The van der Waals surface area contributed by atoms with E-state index in [1.54, 1.807) is 0 Å². The second-order valence-corrected chi connectivity index (χ2v) is 7.04. The minimum absolute atomic E-state index is 0.103. The predicted molar refractivity (Wildman–Crippen MR) is 104 cm³/mol. The SMILES string of the molecule is COC(=O)[C@@H]1Cc2ccccc2CN1C(=O)Cn1nnc(-c2ccc(C)cc2)n1. The van der Waals surface area contributed by atoms with E-state index in [0.29, 0.717) is 18.8 Å². The summed E-state index contributed by atoms with van der Waals surface area (Å²) >= 11 is 0. The molecule has 8 nitrogen and oxygen atoms in total. The zero-order valence-corrected chi connectivity index (χ0v) is 16.3. The summed E-state index contributed by atoms with van der Waals surface area (Å²) < 4.78 is 4.92. The standard InChI is InChI=1S/C21H21N5O3/c1-14-7-9-15(10-8-14)20-22-24-26(23-20)13-19(27)25-12-17-6-4-3-5-16(17)11-18(25)21(28)29-2/h3-10,18H,11-13H2,1-2H3/t18-/m0/s1. The van der Waals surface area contributed by atoms with Crippen LogP contribution >= 0.6 is 0 Å². The molecule has 0 saturated heterocycles. The third-order valence-electron chi connectivity index (χ3n) is 5.08. The van der Waals surface area contributed by atoms with Crippen LogP contribution in [0.2, 0.25) is 0 Å². The van der Waals surface area contributed by atoms with Gasteiger partial charge >= 0.3 is 5.97 Å². The largest absolute Gasteiger partial charge is 0.467 e. The molecular formula is C21H21N5O3. The lowest BCUT2D eigenvalue weighted by molar-refractivity contribution is -0.154. The molecule has 0 unspecified atom stereocenters. The average Bonchev–Trinajstić information content (AvgIpc) is 3.21. The maximum Gasteiger partial charge on any atom is 0.328 e. The zero-order chi connectivity index (χ0) is 20.4. The van der Waals surface area contributed by atoms with Crippen molar-refractivity contribution in [2.45, 2.75) is 32.5 Å². The Bertz CT molecular complexity index is 1040. The number of amides is 1. The maximum atomic E-state index is 13.0. The topological polar surface area (TPSA) is 90.2 Å². The van der Waals surface area contributed by atoms with E-state index in [0.717, 1.165) is 22.3 Å². The summed E-state index contributed by atoms with van der Waals surface area (Å²) in [5.74, 6) is -0.242. The highest BCUT2D eigenvalue weighted by atomic mass is 16.5. The van der Waals surface area contributed by atoms with Crippen LogP contribution in [-0.4, -0.2) is 50.1 Å². The molecule has 4 rings (SSSR count). The van der Waals surface area contributed by atoms with Crippen molar-refractivity contribution in [3.63, 3.8) is 0 Å². The number of hydrogen-bond acceptors (Lipinski definition) is 6. The summed E-state index contributed by atoms with van der Waals surface area (Å²) in [6.07, 6.45) is 0.425. The van der Waals surface area contributed by atoms with Crippen LogP contribution < -0.4 is 0 Å². The van der Waals surface area contributed by atoms with E-state index in [-0.39, 0.29) is 12.5 Å². The Morgan fingerprint density at radius 3 is 2.55 bits per heavy atom. The summed E-state index contributed by atoms with van der Waals surface area (Å²) in [5.41, 5.74) is 4.03. The van der Waals surface area contributed by atoms with Crippen molar-refractivity contribution < 1.29 is 14.3 Å². The van der Waals surface area contributed by atoms with Crippen molar-refractivity contribution in [1.82, 2.24) is 25.1 Å². The smallest absolute Gasteiger partial charge is 0.328 e. The highest BCUT2D eigenvalue weighted by Crippen LogP contribution is 2.24. The third kappa shape index (κ3) is 3.87. The number of ether oxygens (including phenoxy) is 1. The second kappa shape index (κ2) is 7.83. The lowest BCUT2D eigenvalue weighted by atomic mass is 9.94. The Kier molecular flexibility index (Phi) is 5.07. The van der Waals surface area contributed by atoms with Crippen LogP contribution in [0.15, 0.2) is 48.5 Å². The van der Waals surface area contributed by atoms with Crippen LogP contribution in [0.4, 0.5) is 0 Å². The first-order valence-electron chi connectivity index (χ1n) is 9.34. The second-order valence-electron chi connectivity index (χ2n) is 7.04. The number of hydrogen-bond donors (Lipinski definition) is 0. The van der Waals surface area contributed by atoms with E-state index in [1.807, 2.05) is 55.5 Å². The van der Waals surface area contributed by atoms with Gasteiger partial charge in [-0.2, -0.15) is 4.80 Å². The fraction of sp³-hybridized carbons (Fsp3) is 0.286. The molecule has 1 atom stereocenters. The van der Waals surface area contributed by atoms with Crippen LogP contribution in [-0.2, 0) is 33.8 Å². The van der Waals surface area contributed by atoms with Crippen LogP contribution in [0, 0.1) is 6.92 Å². The Morgan fingerprint density at radius 1 is 1.10 bits per heavy atom. The van der Waals surface area contributed by atoms with Gasteiger partial charge in [-0.3, -0.25) is 4.79 Å². The predicted octanol–water partition coefficient (Wildman–Crippen LogP) is 1.78. The molecule has 0 saturated carbocycles. The Hall–Kier alpha value is -3.55. The lowest BCUT2D eigenvalue weighted by Gasteiger charge is -2.35. The highest BCUT2D eigenvalue weighted by molar-refractivity contribution is 5.85. The number of fused-ring (bicyclic) bond motifs is 1. The molecule has 1 aromatic heterocycles. The minimum atomic E-state index is -0.664. The number of nitrogens with zero attached hydrogens (tertiary/aromatic N) is 5. The van der Waals surface area contributed by atoms with Crippen LogP contribution in [0.3, 0.4) is 0 Å². The van der Waals surface area contributed by atoms with Crippen molar-refractivity contribution in [3.05, 3.63) is 65.2 Å². The molecule has 29 heavy (non-hydrogen) atoms. The van der Waals surface area contributed by atoms with E-state index < -0.39 is 12.0 Å². The molecule has 1 aliphatic heterocycles. The van der Waals surface area contributed by atoms with Gasteiger partial charge in [0.05, 0.1) is 7.11 Å². The fourth-order valence-corrected chi connectivity index (χ4v) is 3.47. The molecule has 0 spiro atoms. The van der Waals surface area contributed by atoms with E-state index >= 15 is 0 Å². The van der Waals surface area contributed by atoms with Crippen molar-refractivity contribution in [1.29, 1.82) is 0 Å². The van der Waals surface area contributed by atoms with Gasteiger partial charge in [-0.1, -0.05) is 54.1 Å². The normalized spacial score (nSPS) is 15.7. The fourth-order valence-electron chi connectivity index (χ4n) is 3.47. The zero-order valence-electron chi connectivity index (χ0n) is 16.3. The van der Waals surface area contributed by atoms with Gasteiger partial charge in [0.1, 0.15) is 12.6 Å². The number of benzene rings is 2. The summed E-state index contributed by atoms with van der Waals surface area (Å²) in [6.45, 7) is 2.24. The molecule has 148 valence electrons. The number of carbonyl (C=O) groups excluding carboxylic acids is 2. The van der Waals surface area contributed by atoms with E-state index in [9.17, 15) is 9.59 Å². The molecule has 8 heteroatoms. The number of esters is 1. The van der Waals surface area contributed by atoms with Crippen LogP contribution in [0.25, 0.3) is 11.4 Å². The first kappa shape index (κ1) is 18.8. The van der Waals surface area contributed by atoms with Crippen molar-refractivity contribution in [2.75, 3.05) is 7.11 Å². The minimum Gasteiger partial charge on any atom is -0.467 e. The van der Waals surface area contributed by atoms with E-state index in [2.05, 4.69) is 15.4 Å². The Balaban J connectivity index is 1.54. The number of carbonyl (C=O) groups is 2. The third-order valence-corrected chi connectivity index (χ3v) is 5.08. The summed E-state index contributed by atoms with van der Waals surface area (Å²) in [5, 5.41) is 12.3. The van der Waals surface area contributed by atoms with Crippen molar-refractivity contribution >= 4 is 11.9 Å². The molecule has 0 aliphatic carbocycles. The number of aromatic nitrogens is 4. The van der Waals surface area contributed by atoms with Gasteiger partial charge in [-0.25, -0.2) is 4.79 Å². The van der Waals surface area contributed by atoms with Gasteiger partial charge < -0.3 is 9.64 Å². The maximum absolute atomic E-state index is 13.0.